The average Bonchev–Trinajstić information content (AvgIpc) is 3.06. The maximum absolute atomic E-state index is 6.26. The molecule has 0 saturated carbocycles. The van der Waals surface area contributed by atoms with E-state index in [-0.39, 0.29) is 6.10 Å². The Kier molecular flexibility index (Phi) is 6.45. The van der Waals surface area contributed by atoms with E-state index in [1.54, 1.807) is 11.8 Å². The molecule has 0 bridgehead atoms. The smallest absolute Gasteiger partial charge is 0.191 e. The second-order valence-corrected chi connectivity index (χ2v) is 7.91. The molecule has 1 unspecified atom stereocenters. The first-order chi connectivity index (χ1) is 13.0. The van der Waals surface area contributed by atoms with Gasteiger partial charge in [-0.2, -0.15) is 0 Å². The molecular formula is C21H24ClN3OS. The molecule has 0 aliphatic heterocycles. The Morgan fingerprint density at radius 1 is 1.11 bits per heavy atom. The SMILES string of the molecule is CCn1c(SCc2cccc(C)c2)nnc1C(C)Oc1cc(C)ccc1Cl. The first kappa shape index (κ1) is 19.8. The van der Waals surface area contributed by atoms with Crippen LogP contribution in [0.2, 0.25) is 5.02 Å². The number of aromatic nitrogens is 3. The molecule has 4 nitrogen and oxygen atoms in total. The van der Waals surface area contributed by atoms with Crippen LogP contribution in [0.1, 0.15) is 42.5 Å². The fourth-order valence-corrected chi connectivity index (χ4v) is 4.01. The minimum absolute atomic E-state index is 0.245. The van der Waals surface area contributed by atoms with Crippen LogP contribution in [0.4, 0.5) is 0 Å². The number of nitrogens with zero attached hydrogens (tertiary/aromatic N) is 3. The number of thioether (sulfide) groups is 1. The van der Waals surface area contributed by atoms with E-state index in [2.05, 4.69) is 52.9 Å². The minimum Gasteiger partial charge on any atom is -0.481 e. The van der Waals surface area contributed by atoms with Crippen LogP contribution >= 0.6 is 23.4 Å². The molecule has 0 amide bonds. The number of aryl methyl sites for hydroxylation is 2. The Labute approximate surface area is 169 Å². The molecule has 2 aromatic carbocycles. The Morgan fingerprint density at radius 3 is 2.63 bits per heavy atom. The van der Waals surface area contributed by atoms with E-state index < -0.39 is 0 Å². The monoisotopic (exact) mass is 401 g/mol. The second kappa shape index (κ2) is 8.81. The van der Waals surface area contributed by atoms with Crippen LogP contribution in [-0.4, -0.2) is 14.8 Å². The molecule has 0 spiro atoms. The van der Waals surface area contributed by atoms with Crippen LogP contribution in [0.5, 0.6) is 5.75 Å². The third-order valence-corrected chi connectivity index (χ3v) is 5.62. The van der Waals surface area contributed by atoms with Crippen LogP contribution in [0.3, 0.4) is 0 Å². The highest BCUT2D eigenvalue weighted by Gasteiger charge is 2.19. The van der Waals surface area contributed by atoms with Gasteiger partial charge in [0.25, 0.3) is 0 Å². The van der Waals surface area contributed by atoms with Crippen molar-refractivity contribution < 1.29 is 4.74 Å². The van der Waals surface area contributed by atoms with Gasteiger partial charge in [0, 0.05) is 12.3 Å². The Morgan fingerprint density at radius 2 is 1.89 bits per heavy atom. The zero-order valence-corrected chi connectivity index (χ0v) is 17.6. The van der Waals surface area contributed by atoms with Crippen molar-refractivity contribution in [1.82, 2.24) is 14.8 Å². The fraction of sp³-hybridized carbons (Fsp3) is 0.333. The first-order valence-corrected chi connectivity index (χ1v) is 10.4. The van der Waals surface area contributed by atoms with Gasteiger partial charge in [0.15, 0.2) is 17.1 Å². The summed E-state index contributed by atoms with van der Waals surface area (Å²) in [7, 11) is 0. The van der Waals surface area contributed by atoms with Gasteiger partial charge in [0.1, 0.15) is 5.75 Å². The van der Waals surface area contributed by atoms with Crippen molar-refractivity contribution in [2.75, 3.05) is 0 Å². The number of ether oxygens (including phenoxy) is 1. The van der Waals surface area contributed by atoms with Gasteiger partial charge in [0.2, 0.25) is 0 Å². The van der Waals surface area contributed by atoms with Crippen LogP contribution in [0, 0.1) is 13.8 Å². The highest BCUT2D eigenvalue weighted by molar-refractivity contribution is 7.98. The van der Waals surface area contributed by atoms with E-state index in [4.69, 9.17) is 16.3 Å². The summed E-state index contributed by atoms with van der Waals surface area (Å²) in [6.07, 6.45) is -0.245. The van der Waals surface area contributed by atoms with Crippen molar-refractivity contribution >= 4 is 23.4 Å². The van der Waals surface area contributed by atoms with Gasteiger partial charge in [-0.25, -0.2) is 0 Å². The molecule has 0 radical (unpaired) electrons. The van der Waals surface area contributed by atoms with Crippen molar-refractivity contribution in [2.24, 2.45) is 0 Å². The van der Waals surface area contributed by atoms with Crippen molar-refractivity contribution in [3.63, 3.8) is 0 Å². The largest absolute Gasteiger partial charge is 0.481 e. The van der Waals surface area contributed by atoms with Crippen LogP contribution < -0.4 is 4.74 Å². The molecule has 3 rings (SSSR count). The molecule has 1 heterocycles. The highest BCUT2D eigenvalue weighted by Crippen LogP contribution is 2.31. The van der Waals surface area contributed by atoms with Crippen LogP contribution in [0.25, 0.3) is 0 Å². The molecule has 1 atom stereocenters. The maximum Gasteiger partial charge on any atom is 0.191 e. The first-order valence-electron chi connectivity index (χ1n) is 9.02. The van der Waals surface area contributed by atoms with Crippen LogP contribution in [-0.2, 0) is 12.3 Å². The maximum atomic E-state index is 6.26. The molecule has 6 heteroatoms. The predicted octanol–water partition coefficient (Wildman–Crippen LogP) is 6.00. The molecular weight excluding hydrogens is 378 g/mol. The fourth-order valence-electron chi connectivity index (χ4n) is 2.90. The Hall–Kier alpha value is -1.98. The Balaban J connectivity index is 1.75. The average molecular weight is 402 g/mol. The summed E-state index contributed by atoms with van der Waals surface area (Å²) in [5.41, 5.74) is 3.65. The van der Waals surface area contributed by atoms with Gasteiger partial charge in [-0.05, 0) is 51.0 Å². The molecule has 27 heavy (non-hydrogen) atoms. The molecule has 0 N–H and O–H groups in total. The summed E-state index contributed by atoms with van der Waals surface area (Å²) in [4.78, 5) is 0. The van der Waals surface area contributed by atoms with E-state index in [0.29, 0.717) is 10.8 Å². The van der Waals surface area contributed by atoms with Gasteiger partial charge in [-0.15, -0.1) is 10.2 Å². The molecule has 1 aromatic heterocycles. The van der Waals surface area contributed by atoms with Crippen molar-refractivity contribution in [3.05, 3.63) is 70.0 Å². The topological polar surface area (TPSA) is 39.9 Å². The van der Waals surface area contributed by atoms with Gasteiger partial charge >= 0.3 is 0 Å². The molecule has 142 valence electrons. The lowest BCUT2D eigenvalue weighted by molar-refractivity contribution is 0.210. The van der Waals surface area contributed by atoms with E-state index >= 15 is 0 Å². The summed E-state index contributed by atoms with van der Waals surface area (Å²) in [6.45, 7) is 8.98. The zero-order chi connectivity index (χ0) is 19.4. The lowest BCUT2D eigenvalue weighted by atomic mass is 10.2. The Bertz CT molecular complexity index is 926. The minimum atomic E-state index is -0.245. The lowest BCUT2D eigenvalue weighted by Crippen LogP contribution is -2.12. The summed E-state index contributed by atoms with van der Waals surface area (Å²) in [5, 5.41) is 10.3. The molecule has 0 saturated heterocycles. The van der Waals surface area contributed by atoms with Crippen molar-refractivity contribution in [3.8, 4) is 5.75 Å². The number of rotatable bonds is 7. The normalized spacial score (nSPS) is 12.2. The van der Waals surface area contributed by atoms with E-state index in [1.807, 2.05) is 32.0 Å². The molecule has 0 aliphatic carbocycles. The lowest BCUT2D eigenvalue weighted by Gasteiger charge is -2.17. The second-order valence-electron chi connectivity index (χ2n) is 6.56. The zero-order valence-electron chi connectivity index (χ0n) is 16.1. The van der Waals surface area contributed by atoms with Crippen molar-refractivity contribution in [2.45, 2.75) is 51.3 Å². The number of halogens is 1. The summed E-state index contributed by atoms with van der Waals surface area (Å²) in [5.74, 6) is 2.34. The highest BCUT2D eigenvalue weighted by atomic mass is 35.5. The molecule has 0 fully saturated rings. The van der Waals surface area contributed by atoms with E-state index in [0.717, 1.165) is 28.8 Å². The van der Waals surface area contributed by atoms with Crippen LogP contribution in [0.15, 0.2) is 47.6 Å². The number of benzene rings is 2. The van der Waals surface area contributed by atoms with Crippen molar-refractivity contribution in [1.29, 1.82) is 0 Å². The summed E-state index contributed by atoms with van der Waals surface area (Å²) < 4.78 is 8.19. The third-order valence-electron chi connectivity index (χ3n) is 4.27. The van der Waals surface area contributed by atoms with E-state index in [1.165, 1.54) is 11.1 Å². The summed E-state index contributed by atoms with van der Waals surface area (Å²) in [6, 6.07) is 14.3. The standard InChI is InChI=1S/C21H24ClN3OS/c1-5-25-20(16(4)26-19-12-15(3)9-10-18(19)22)23-24-21(25)27-13-17-8-6-7-14(2)11-17/h6-12,16H,5,13H2,1-4H3. The molecule has 3 aromatic rings. The van der Waals surface area contributed by atoms with Gasteiger partial charge < -0.3 is 9.30 Å². The van der Waals surface area contributed by atoms with E-state index in [9.17, 15) is 0 Å². The number of hydrogen-bond donors (Lipinski definition) is 0. The van der Waals surface area contributed by atoms with Gasteiger partial charge in [0.05, 0.1) is 5.02 Å². The quantitative estimate of drug-likeness (QED) is 0.455. The van der Waals surface area contributed by atoms with Gasteiger partial charge in [-0.3, -0.25) is 0 Å². The predicted molar refractivity (Wildman–Crippen MR) is 112 cm³/mol. The van der Waals surface area contributed by atoms with Gasteiger partial charge in [-0.1, -0.05) is 59.3 Å². The number of hydrogen-bond acceptors (Lipinski definition) is 4. The molecule has 0 aliphatic rings. The third kappa shape index (κ3) is 4.85. The summed E-state index contributed by atoms with van der Waals surface area (Å²) >= 11 is 7.96.